The van der Waals surface area contributed by atoms with Gasteiger partial charge in [-0.15, -0.1) is 0 Å². The highest BCUT2D eigenvalue weighted by atomic mass is 35.5. The van der Waals surface area contributed by atoms with Crippen molar-refractivity contribution in [3.8, 4) is 17.1 Å². The molecule has 27 heavy (non-hydrogen) atoms. The summed E-state index contributed by atoms with van der Waals surface area (Å²) in [6.07, 6.45) is 0. The van der Waals surface area contributed by atoms with Gasteiger partial charge in [0, 0.05) is 22.0 Å². The van der Waals surface area contributed by atoms with Crippen molar-refractivity contribution in [2.75, 3.05) is 0 Å². The molecule has 0 amide bonds. The lowest BCUT2D eigenvalue weighted by molar-refractivity contribution is 1.06. The van der Waals surface area contributed by atoms with Crippen LogP contribution >= 0.6 is 23.2 Å². The lowest BCUT2D eigenvalue weighted by Crippen LogP contribution is -1.95. The predicted octanol–water partition coefficient (Wildman–Crippen LogP) is 5.94. The first-order valence-electron chi connectivity index (χ1n) is 8.37. The van der Waals surface area contributed by atoms with E-state index in [0.29, 0.717) is 5.82 Å². The van der Waals surface area contributed by atoms with Crippen LogP contribution in [0, 0.1) is 0 Å². The van der Waals surface area contributed by atoms with Crippen molar-refractivity contribution in [1.82, 2.24) is 19.5 Å². The van der Waals surface area contributed by atoms with E-state index in [-0.39, 0.29) is 10.6 Å². The van der Waals surface area contributed by atoms with Gasteiger partial charge in [0.25, 0.3) is 0 Å². The first-order chi connectivity index (χ1) is 13.2. The maximum Gasteiger partial charge on any atom is 0.227 e. The summed E-state index contributed by atoms with van der Waals surface area (Å²) in [5, 5.41) is 2.50. The average molecular weight is 391 g/mol. The van der Waals surface area contributed by atoms with Gasteiger partial charge in [-0.3, -0.25) is 0 Å². The van der Waals surface area contributed by atoms with Crippen molar-refractivity contribution in [1.29, 1.82) is 0 Å². The second kappa shape index (κ2) is 6.34. The van der Waals surface area contributed by atoms with Crippen molar-refractivity contribution in [2.24, 2.45) is 0 Å². The molecule has 0 spiro atoms. The number of benzene rings is 3. The summed E-state index contributed by atoms with van der Waals surface area (Å²) in [6.45, 7) is 0. The van der Waals surface area contributed by atoms with E-state index >= 15 is 0 Å². The van der Waals surface area contributed by atoms with Crippen LogP contribution in [0.1, 0.15) is 0 Å². The highest BCUT2D eigenvalue weighted by Crippen LogP contribution is 2.34. The number of hydrogen-bond donors (Lipinski definition) is 0. The van der Waals surface area contributed by atoms with Gasteiger partial charge in [-0.25, -0.2) is 0 Å². The summed E-state index contributed by atoms with van der Waals surface area (Å²) < 4.78 is 2.23. The number of aromatic nitrogens is 4. The van der Waals surface area contributed by atoms with Crippen LogP contribution in [0.3, 0.4) is 0 Å². The molecule has 0 N–H and O–H groups in total. The van der Waals surface area contributed by atoms with Gasteiger partial charge >= 0.3 is 0 Å². The van der Waals surface area contributed by atoms with Gasteiger partial charge < -0.3 is 4.57 Å². The maximum absolute atomic E-state index is 5.96. The van der Waals surface area contributed by atoms with E-state index in [0.717, 1.165) is 27.7 Å². The summed E-state index contributed by atoms with van der Waals surface area (Å²) in [4.78, 5) is 12.3. The first-order valence-corrected chi connectivity index (χ1v) is 9.12. The van der Waals surface area contributed by atoms with Crippen LogP contribution in [-0.4, -0.2) is 19.5 Å². The van der Waals surface area contributed by atoms with E-state index in [9.17, 15) is 0 Å². The molecule has 0 aliphatic carbocycles. The Morgan fingerprint density at radius 2 is 1.30 bits per heavy atom. The number of para-hydroxylation sites is 2. The molecule has 0 atom stereocenters. The topological polar surface area (TPSA) is 43.6 Å². The third-order valence-corrected chi connectivity index (χ3v) is 4.87. The van der Waals surface area contributed by atoms with E-state index in [1.54, 1.807) is 0 Å². The largest absolute Gasteiger partial charge is 0.309 e. The third-order valence-electron chi connectivity index (χ3n) is 4.53. The van der Waals surface area contributed by atoms with Gasteiger partial charge in [-0.05, 0) is 47.5 Å². The zero-order valence-corrected chi connectivity index (χ0v) is 15.5. The molecule has 3 aromatic carbocycles. The maximum atomic E-state index is 5.96. The molecule has 0 aliphatic rings. The lowest BCUT2D eigenvalue weighted by atomic mass is 10.1. The zero-order valence-electron chi connectivity index (χ0n) is 14.0. The van der Waals surface area contributed by atoms with Gasteiger partial charge in [0.2, 0.25) is 10.6 Å². The van der Waals surface area contributed by atoms with E-state index in [2.05, 4.69) is 62.0 Å². The Morgan fingerprint density at radius 3 is 2.07 bits per heavy atom. The number of fused-ring (bicyclic) bond motifs is 3. The minimum atomic E-state index is 0.0775. The van der Waals surface area contributed by atoms with Crippen LogP contribution in [-0.2, 0) is 0 Å². The molecule has 0 fully saturated rings. The number of hydrogen-bond acceptors (Lipinski definition) is 3. The molecule has 5 rings (SSSR count). The Kier molecular flexibility index (Phi) is 3.81. The van der Waals surface area contributed by atoms with Crippen molar-refractivity contribution >= 4 is 45.0 Å². The van der Waals surface area contributed by atoms with Crippen LogP contribution in [0.5, 0.6) is 0 Å². The lowest BCUT2D eigenvalue weighted by Gasteiger charge is -2.08. The van der Waals surface area contributed by atoms with Crippen molar-refractivity contribution in [3.05, 3.63) is 83.4 Å². The Morgan fingerprint density at radius 1 is 0.630 bits per heavy atom. The molecular formula is C21H12Cl2N4. The van der Waals surface area contributed by atoms with Crippen molar-refractivity contribution in [3.63, 3.8) is 0 Å². The highest BCUT2D eigenvalue weighted by Gasteiger charge is 2.14. The van der Waals surface area contributed by atoms with Gasteiger partial charge in [-0.1, -0.05) is 48.5 Å². The predicted molar refractivity (Wildman–Crippen MR) is 110 cm³/mol. The molecular weight excluding hydrogens is 379 g/mol. The fourth-order valence-corrected chi connectivity index (χ4v) is 3.78. The summed E-state index contributed by atoms with van der Waals surface area (Å²) in [5.41, 5.74) is 4.12. The van der Waals surface area contributed by atoms with Gasteiger partial charge in [0.15, 0.2) is 5.82 Å². The van der Waals surface area contributed by atoms with Gasteiger partial charge in [0.1, 0.15) is 0 Å². The Bertz CT molecular complexity index is 1280. The summed E-state index contributed by atoms with van der Waals surface area (Å²) in [6, 6.07) is 24.7. The summed E-state index contributed by atoms with van der Waals surface area (Å²) in [7, 11) is 0. The number of nitrogens with zero attached hydrogens (tertiary/aromatic N) is 4. The Balaban J connectivity index is 1.85. The second-order valence-electron chi connectivity index (χ2n) is 6.12. The molecule has 0 unspecified atom stereocenters. The van der Waals surface area contributed by atoms with Crippen LogP contribution in [0.2, 0.25) is 10.6 Å². The van der Waals surface area contributed by atoms with E-state index in [1.807, 2.05) is 30.3 Å². The van der Waals surface area contributed by atoms with E-state index in [4.69, 9.17) is 23.2 Å². The van der Waals surface area contributed by atoms with Crippen LogP contribution in [0.15, 0.2) is 72.8 Å². The smallest absolute Gasteiger partial charge is 0.227 e. The Hall–Kier alpha value is -2.95. The second-order valence-corrected chi connectivity index (χ2v) is 6.79. The Labute approximate surface area is 165 Å². The van der Waals surface area contributed by atoms with Crippen LogP contribution in [0.4, 0.5) is 0 Å². The molecule has 2 heterocycles. The monoisotopic (exact) mass is 390 g/mol. The fourth-order valence-electron chi connectivity index (χ4n) is 3.42. The molecule has 0 bridgehead atoms. The molecule has 0 saturated carbocycles. The molecule has 6 heteroatoms. The van der Waals surface area contributed by atoms with Crippen molar-refractivity contribution in [2.45, 2.75) is 0 Å². The van der Waals surface area contributed by atoms with Crippen LogP contribution in [0.25, 0.3) is 38.9 Å². The first kappa shape index (κ1) is 16.2. The normalized spacial score (nSPS) is 11.3. The fraction of sp³-hybridized carbons (Fsp3) is 0. The van der Waals surface area contributed by atoms with Gasteiger partial charge in [-0.2, -0.15) is 15.0 Å². The third kappa shape index (κ3) is 2.74. The summed E-state index contributed by atoms with van der Waals surface area (Å²) in [5.74, 6) is 0.451. The minimum Gasteiger partial charge on any atom is -0.309 e. The van der Waals surface area contributed by atoms with Crippen LogP contribution < -0.4 is 0 Å². The highest BCUT2D eigenvalue weighted by molar-refractivity contribution is 6.31. The molecule has 0 saturated heterocycles. The minimum absolute atomic E-state index is 0.0775. The number of rotatable bonds is 2. The number of halogens is 2. The molecule has 4 nitrogen and oxygen atoms in total. The standard InChI is InChI=1S/C21H12Cl2N4/c22-20-24-19(25-21(23)26-20)13-10-11-16-15-8-4-5-9-17(15)27(18(16)12-13)14-6-2-1-3-7-14/h1-12H. The molecule has 0 radical (unpaired) electrons. The molecule has 2 aromatic heterocycles. The molecule has 130 valence electrons. The zero-order chi connectivity index (χ0) is 18.4. The van der Waals surface area contributed by atoms with Gasteiger partial charge in [0.05, 0.1) is 11.0 Å². The molecule has 5 aromatic rings. The van der Waals surface area contributed by atoms with E-state index < -0.39 is 0 Å². The van der Waals surface area contributed by atoms with Crippen molar-refractivity contribution < 1.29 is 0 Å². The SMILES string of the molecule is Clc1nc(Cl)nc(-c2ccc3c4ccccc4n(-c4ccccc4)c3c2)n1. The van der Waals surface area contributed by atoms with E-state index in [1.165, 1.54) is 5.39 Å². The quantitative estimate of drug-likeness (QED) is 0.374. The average Bonchev–Trinajstić information content (AvgIpc) is 3.01. The molecule has 0 aliphatic heterocycles. The summed E-state index contributed by atoms with van der Waals surface area (Å²) >= 11 is 11.9.